The number of hydrogen-bond donors (Lipinski definition) is 2. The fourth-order valence-electron chi connectivity index (χ4n) is 4.12. The number of pyridine rings is 1. The van der Waals surface area contributed by atoms with E-state index in [9.17, 15) is 22.8 Å². The highest BCUT2D eigenvalue weighted by atomic mass is 19.4. The molecule has 212 valence electrons. The molecule has 9 nitrogen and oxygen atoms in total. The summed E-state index contributed by atoms with van der Waals surface area (Å²) in [5.74, 6) is -1.76. The van der Waals surface area contributed by atoms with Gasteiger partial charge in [0.15, 0.2) is 5.75 Å². The number of benzene rings is 2. The number of carbonyl (C=O) groups is 2. The molecule has 1 aromatic heterocycles. The Morgan fingerprint density at radius 1 is 1.02 bits per heavy atom. The van der Waals surface area contributed by atoms with E-state index in [1.54, 1.807) is 19.1 Å². The van der Waals surface area contributed by atoms with E-state index < -0.39 is 30.0 Å². The van der Waals surface area contributed by atoms with Crippen LogP contribution in [0.5, 0.6) is 5.75 Å². The first-order chi connectivity index (χ1) is 19.0. The summed E-state index contributed by atoms with van der Waals surface area (Å²) in [5.41, 5.74) is 2.79. The van der Waals surface area contributed by atoms with Gasteiger partial charge in [-0.1, -0.05) is 12.1 Å². The normalized spacial score (nSPS) is 14.8. The van der Waals surface area contributed by atoms with Crippen LogP contribution in [0.25, 0.3) is 11.3 Å². The molecule has 1 saturated heterocycles. The van der Waals surface area contributed by atoms with Gasteiger partial charge in [-0.3, -0.25) is 19.5 Å². The number of halogens is 3. The fraction of sp³-hybridized carbons (Fsp3) is 0.321. The lowest BCUT2D eigenvalue weighted by Gasteiger charge is -2.31. The van der Waals surface area contributed by atoms with Gasteiger partial charge in [-0.25, -0.2) is 0 Å². The molecular formula is C28H30F3N5O4. The maximum Gasteiger partial charge on any atom is 0.573 e. The van der Waals surface area contributed by atoms with Crippen molar-refractivity contribution < 1.29 is 32.2 Å². The maximum absolute atomic E-state index is 13.0. The predicted octanol–water partition coefficient (Wildman–Crippen LogP) is 4.62. The average molecular weight is 558 g/mol. The van der Waals surface area contributed by atoms with Crippen molar-refractivity contribution in [3.05, 3.63) is 66.4 Å². The van der Waals surface area contributed by atoms with Crippen LogP contribution in [0, 0.1) is 0 Å². The van der Waals surface area contributed by atoms with Crippen LogP contribution in [0.15, 0.2) is 60.8 Å². The molecule has 2 amide bonds. The molecule has 2 aromatic carbocycles. The zero-order chi connectivity index (χ0) is 28.9. The number of morpholine rings is 1. The topological polar surface area (TPSA) is 96.0 Å². The minimum absolute atomic E-state index is 0.0206. The molecule has 1 unspecified atom stereocenters. The van der Waals surface area contributed by atoms with Crippen LogP contribution in [0.2, 0.25) is 0 Å². The smallest absolute Gasteiger partial charge is 0.404 e. The zero-order valence-corrected chi connectivity index (χ0v) is 22.3. The summed E-state index contributed by atoms with van der Waals surface area (Å²) in [4.78, 5) is 34.0. The van der Waals surface area contributed by atoms with E-state index in [0.717, 1.165) is 23.4 Å². The monoisotopic (exact) mass is 557 g/mol. The number of nitrogens with zero attached hydrogens (tertiary/aromatic N) is 3. The molecule has 0 saturated carbocycles. The van der Waals surface area contributed by atoms with Crippen molar-refractivity contribution in [2.75, 3.05) is 55.9 Å². The fourth-order valence-corrected chi connectivity index (χ4v) is 4.12. The number of rotatable bonds is 8. The van der Waals surface area contributed by atoms with Crippen LogP contribution >= 0.6 is 0 Å². The molecule has 40 heavy (non-hydrogen) atoms. The van der Waals surface area contributed by atoms with E-state index in [2.05, 4.69) is 20.4 Å². The van der Waals surface area contributed by atoms with Gasteiger partial charge >= 0.3 is 6.36 Å². The Morgan fingerprint density at radius 3 is 2.33 bits per heavy atom. The van der Waals surface area contributed by atoms with Crippen LogP contribution in [0.1, 0.15) is 17.3 Å². The van der Waals surface area contributed by atoms with Gasteiger partial charge in [-0.15, -0.1) is 13.2 Å². The standard InChI is InChI=1S/C28H30F3N5O4/c1-18(36-12-14-39-15-13-36)26(37)34-24-16-20(6-11-25(24)40-28(29,30)31)27(38)33-21-7-10-23(32-17-21)19-4-8-22(9-5-19)35(2)3/h4-11,16-18H,12-15H2,1-3H3,(H,33,38)(H,34,37). The van der Waals surface area contributed by atoms with E-state index in [4.69, 9.17) is 4.74 Å². The maximum atomic E-state index is 13.0. The third-order valence-electron chi connectivity index (χ3n) is 6.40. The molecular weight excluding hydrogens is 527 g/mol. The quantitative estimate of drug-likeness (QED) is 0.417. The number of anilines is 3. The second-order valence-electron chi connectivity index (χ2n) is 9.40. The first-order valence-electron chi connectivity index (χ1n) is 12.6. The first kappa shape index (κ1) is 28.8. The Labute approximate surface area is 229 Å². The van der Waals surface area contributed by atoms with E-state index >= 15 is 0 Å². The minimum Gasteiger partial charge on any atom is -0.404 e. The molecule has 1 fully saturated rings. The molecule has 1 atom stereocenters. The molecule has 2 heterocycles. The van der Waals surface area contributed by atoms with Crippen molar-refractivity contribution in [2.24, 2.45) is 0 Å². The molecule has 0 spiro atoms. The minimum atomic E-state index is -4.99. The van der Waals surface area contributed by atoms with E-state index in [0.29, 0.717) is 37.7 Å². The largest absolute Gasteiger partial charge is 0.573 e. The number of alkyl halides is 3. The van der Waals surface area contributed by atoms with E-state index in [-0.39, 0.29) is 11.3 Å². The SMILES string of the molecule is CC(C(=O)Nc1cc(C(=O)Nc2ccc(-c3ccc(N(C)C)cc3)nc2)ccc1OC(F)(F)F)N1CCOCC1. The molecule has 0 radical (unpaired) electrons. The van der Waals surface area contributed by atoms with Crippen LogP contribution in [-0.2, 0) is 9.53 Å². The zero-order valence-electron chi connectivity index (χ0n) is 22.3. The van der Waals surface area contributed by atoms with Gasteiger partial charge in [0.05, 0.1) is 42.5 Å². The lowest BCUT2D eigenvalue weighted by molar-refractivity contribution is -0.274. The Kier molecular flexibility index (Phi) is 8.90. The van der Waals surface area contributed by atoms with Crippen molar-refractivity contribution >= 4 is 28.9 Å². The van der Waals surface area contributed by atoms with Gasteiger partial charge in [0, 0.05) is 44.0 Å². The van der Waals surface area contributed by atoms with Gasteiger partial charge in [-0.05, 0) is 49.4 Å². The van der Waals surface area contributed by atoms with Gasteiger partial charge in [0.25, 0.3) is 5.91 Å². The molecule has 12 heteroatoms. The van der Waals surface area contributed by atoms with Gasteiger partial charge in [-0.2, -0.15) is 0 Å². The van der Waals surface area contributed by atoms with Crippen molar-refractivity contribution in [3.63, 3.8) is 0 Å². The average Bonchev–Trinajstić information content (AvgIpc) is 2.93. The Hall–Kier alpha value is -4.16. The summed E-state index contributed by atoms with van der Waals surface area (Å²) in [5, 5.41) is 5.16. The number of aromatic nitrogens is 1. The summed E-state index contributed by atoms with van der Waals surface area (Å²) < 4.78 is 48.4. The second-order valence-corrected chi connectivity index (χ2v) is 9.40. The molecule has 3 aromatic rings. The summed E-state index contributed by atoms with van der Waals surface area (Å²) in [6.07, 6.45) is -3.50. The highest BCUT2D eigenvalue weighted by Gasteiger charge is 2.33. The number of nitrogens with one attached hydrogen (secondary N) is 2. The summed E-state index contributed by atoms with van der Waals surface area (Å²) in [6.45, 7) is 3.58. The van der Waals surface area contributed by atoms with Crippen LogP contribution in [0.3, 0.4) is 0 Å². The van der Waals surface area contributed by atoms with Gasteiger partial charge in [0.2, 0.25) is 5.91 Å². The lowest BCUT2D eigenvalue weighted by Crippen LogP contribution is -2.47. The van der Waals surface area contributed by atoms with E-state index in [1.165, 1.54) is 12.3 Å². The second kappa shape index (κ2) is 12.3. The lowest BCUT2D eigenvalue weighted by atomic mass is 10.1. The molecule has 1 aliphatic heterocycles. The highest BCUT2D eigenvalue weighted by molar-refractivity contribution is 6.06. The van der Waals surface area contributed by atoms with Crippen molar-refractivity contribution in [2.45, 2.75) is 19.3 Å². The number of carbonyl (C=O) groups excluding carboxylic acids is 2. The summed E-state index contributed by atoms with van der Waals surface area (Å²) in [6, 6.07) is 13.9. The first-order valence-corrected chi connectivity index (χ1v) is 12.6. The van der Waals surface area contributed by atoms with Crippen LogP contribution in [-0.4, -0.2) is 74.5 Å². The molecule has 2 N–H and O–H groups in total. The van der Waals surface area contributed by atoms with Gasteiger partial charge in [0.1, 0.15) is 0 Å². The van der Waals surface area contributed by atoms with Crippen molar-refractivity contribution in [3.8, 4) is 17.0 Å². The third kappa shape index (κ3) is 7.48. The molecule has 4 rings (SSSR count). The van der Waals surface area contributed by atoms with Crippen LogP contribution in [0.4, 0.5) is 30.2 Å². The third-order valence-corrected chi connectivity index (χ3v) is 6.40. The number of hydrogen-bond acceptors (Lipinski definition) is 7. The van der Waals surface area contributed by atoms with Gasteiger partial charge < -0.3 is 25.0 Å². The summed E-state index contributed by atoms with van der Waals surface area (Å²) >= 11 is 0. The predicted molar refractivity (Wildman–Crippen MR) is 146 cm³/mol. The number of ether oxygens (including phenoxy) is 2. The van der Waals surface area contributed by atoms with Crippen molar-refractivity contribution in [1.82, 2.24) is 9.88 Å². The molecule has 0 aliphatic carbocycles. The Morgan fingerprint density at radius 2 is 1.73 bits per heavy atom. The van der Waals surface area contributed by atoms with E-state index in [1.807, 2.05) is 48.2 Å². The highest BCUT2D eigenvalue weighted by Crippen LogP contribution is 2.32. The van der Waals surface area contributed by atoms with Crippen LogP contribution < -0.4 is 20.3 Å². The number of amides is 2. The molecule has 1 aliphatic rings. The molecule has 0 bridgehead atoms. The van der Waals surface area contributed by atoms with Crippen molar-refractivity contribution in [1.29, 1.82) is 0 Å². The Balaban J connectivity index is 1.49. The summed E-state index contributed by atoms with van der Waals surface area (Å²) in [7, 11) is 3.90. The Bertz CT molecular complexity index is 1330.